The van der Waals surface area contributed by atoms with Crippen LogP contribution in [0.5, 0.6) is 5.75 Å². The number of carbonyl (C=O) groups excluding carboxylic acids is 1. The number of rotatable bonds is 3. The van der Waals surface area contributed by atoms with Crippen LogP contribution in [0.1, 0.15) is 21.5 Å². The van der Waals surface area contributed by atoms with Crippen LogP contribution in [0, 0.1) is 18.3 Å². The van der Waals surface area contributed by atoms with Crippen molar-refractivity contribution < 1.29 is 9.53 Å². The van der Waals surface area contributed by atoms with Crippen molar-refractivity contribution in [1.82, 2.24) is 0 Å². The molecule has 4 nitrogen and oxygen atoms in total. The van der Waals surface area contributed by atoms with E-state index in [-0.39, 0.29) is 5.91 Å². The number of amides is 1. The molecular weight excluding hydrogens is 288 g/mol. The third-order valence-corrected chi connectivity index (χ3v) is 3.33. The van der Waals surface area contributed by atoms with Crippen LogP contribution in [0.25, 0.3) is 0 Å². The highest BCUT2D eigenvalue weighted by Gasteiger charge is 2.10. The second kappa shape index (κ2) is 6.29. The van der Waals surface area contributed by atoms with Gasteiger partial charge in [-0.15, -0.1) is 0 Å². The SMILES string of the molecule is COc1cc(C(=O)Nc2ccc(C#N)c(Cl)c2)ccc1C. The number of methoxy groups -OCH3 is 1. The Labute approximate surface area is 127 Å². The average Bonchev–Trinajstić information content (AvgIpc) is 2.48. The second-order valence-electron chi connectivity index (χ2n) is 4.44. The van der Waals surface area contributed by atoms with Crippen LogP contribution >= 0.6 is 11.6 Å². The van der Waals surface area contributed by atoms with Crippen LogP contribution in [-0.2, 0) is 0 Å². The van der Waals surface area contributed by atoms with E-state index in [0.717, 1.165) is 5.56 Å². The molecule has 0 radical (unpaired) electrons. The predicted molar refractivity (Wildman–Crippen MR) is 81.9 cm³/mol. The summed E-state index contributed by atoms with van der Waals surface area (Å²) < 4.78 is 5.20. The van der Waals surface area contributed by atoms with Crippen molar-refractivity contribution in [2.45, 2.75) is 6.92 Å². The summed E-state index contributed by atoms with van der Waals surface area (Å²) in [5.74, 6) is 0.384. The van der Waals surface area contributed by atoms with E-state index >= 15 is 0 Å². The molecule has 0 aliphatic heterocycles. The van der Waals surface area contributed by atoms with Gasteiger partial charge in [0.05, 0.1) is 17.7 Å². The van der Waals surface area contributed by atoms with Gasteiger partial charge in [-0.1, -0.05) is 17.7 Å². The summed E-state index contributed by atoms with van der Waals surface area (Å²) in [6, 6.07) is 11.9. The maximum absolute atomic E-state index is 12.2. The molecule has 0 aromatic heterocycles. The van der Waals surface area contributed by atoms with Crippen molar-refractivity contribution in [3.63, 3.8) is 0 Å². The summed E-state index contributed by atoms with van der Waals surface area (Å²) in [5, 5.41) is 11.9. The van der Waals surface area contributed by atoms with Crippen LogP contribution < -0.4 is 10.1 Å². The molecule has 0 aliphatic rings. The molecule has 0 unspecified atom stereocenters. The molecule has 2 rings (SSSR count). The van der Waals surface area contributed by atoms with Crippen LogP contribution in [0.3, 0.4) is 0 Å². The Balaban J connectivity index is 2.22. The number of anilines is 1. The minimum Gasteiger partial charge on any atom is -0.496 e. The van der Waals surface area contributed by atoms with Gasteiger partial charge in [0.1, 0.15) is 11.8 Å². The molecule has 1 N–H and O–H groups in total. The fraction of sp³-hybridized carbons (Fsp3) is 0.125. The molecule has 0 bridgehead atoms. The largest absolute Gasteiger partial charge is 0.496 e. The number of ether oxygens (including phenoxy) is 1. The standard InChI is InChI=1S/C16H13ClN2O2/c1-10-3-4-11(7-15(10)21-2)16(20)19-13-6-5-12(9-18)14(17)8-13/h3-8H,1-2H3,(H,19,20). The van der Waals surface area contributed by atoms with Crippen molar-refractivity contribution >= 4 is 23.2 Å². The highest BCUT2D eigenvalue weighted by atomic mass is 35.5. The molecule has 2 aromatic carbocycles. The lowest BCUT2D eigenvalue weighted by molar-refractivity contribution is 0.102. The van der Waals surface area contributed by atoms with Gasteiger partial charge < -0.3 is 10.1 Å². The molecule has 21 heavy (non-hydrogen) atoms. The first-order valence-electron chi connectivity index (χ1n) is 6.21. The van der Waals surface area contributed by atoms with E-state index in [2.05, 4.69) is 5.32 Å². The lowest BCUT2D eigenvalue weighted by atomic mass is 10.1. The first-order chi connectivity index (χ1) is 10.0. The molecule has 0 fully saturated rings. The Morgan fingerprint density at radius 3 is 2.67 bits per heavy atom. The third-order valence-electron chi connectivity index (χ3n) is 3.02. The Morgan fingerprint density at radius 1 is 1.29 bits per heavy atom. The minimum absolute atomic E-state index is 0.269. The van der Waals surface area contributed by atoms with Gasteiger partial charge in [0.25, 0.3) is 5.91 Å². The number of halogens is 1. The number of nitriles is 1. The maximum atomic E-state index is 12.2. The fourth-order valence-corrected chi connectivity index (χ4v) is 2.07. The number of hydrogen-bond acceptors (Lipinski definition) is 3. The second-order valence-corrected chi connectivity index (χ2v) is 4.85. The Hall–Kier alpha value is -2.51. The summed E-state index contributed by atoms with van der Waals surface area (Å²) in [6.45, 7) is 1.90. The van der Waals surface area contributed by atoms with Crippen LogP contribution in [0.4, 0.5) is 5.69 Å². The van der Waals surface area contributed by atoms with Gasteiger partial charge in [0.15, 0.2) is 0 Å². The molecule has 0 aliphatic carbocycles. The van der Waals surface area contributed by atoms with E-state index in [1.165, 1.54) is 0 Å². The van der Waals surface area contributed by atoms with Crippen molar-refractivity contribution in [2.75, 3.05) is 12.4 Å². The fourth-order valence-electron chi connectivity index (χ4n) is 1.85. The van der Waals surface area contributed by atoms with Crippen molar-refractivity contribution in [3.05, 3.63) is 58.1 Å². The number of nitrogens with one attached hydrogen (secondary N) is 1. The smallest absolute Gasteiger partial charge is 0.255 e. The molecule has 106 valence electrons. The molecule has 0 spiro atoms. The van der Waals surface area contributed by atoms with E-state index < -0.39 is 0 Å². The normalized spacial score (nSPS) is 9.81. The molecule has 0 heterocycles. The molecular formula is C16H13ClN2O2. The van der Waals surface area contributed by atoms with Gasteiger partial charge in [-0.2, -0.15) is 5.26 Å². The highest BCUT2D eigenvalue weighted by molar-refractivity contribution is 6.32. The topological polar surface area (TPSA) is 62.1 Å². The van der Waals surface area contributed by atoms with Crippen LogP contribution in [-0.4, -0.2) is 13.0 Å². The molecule has 2 aromatic rings. The monoisotopic (exact) mass is 300 g/mol. The van der Waals surface area contributed by atoms with Gasteiger partial charge in [-0.05, 0) is 42.8 Å². The summed E-state index contributed by atoms with van der Waals surface area (Å²) in [6.07, 6.45) is 0. The van der Waals surface area contributed by atoms with Crippen LogP contribution in [0.2, 0.25) is 5.02 Å². The zero-order valence-corrected chi connectivity index (χ0v) is 12.4. The third kappa shape index (κ3) is 3.33. The first-order valence-corrected chi connectivity index (χ1v) is 6.58. The molecule has 5 heteroatoms. The first kappa shape index (κ1) is 14.9. The average molecular weight is 301 g/mol. The van der Waals surface area contributed by atoms with Gasteiger partial charge >= 0.3 is 0 Å². The number of carbonyl (C=O) groups is 1. The Morgan fingerprint density at radius 2 is 2.05 bits per heavy atom. The van der Waals surface area contributed by atoms with E-state index in [9.17, 15) is 4.79 Å². The number of benzene rings is 2. The van der Waals surface area contributed by atoms with E-state index in [1.54, 1.807) is 37.4 Å². The zero-order valence-electron chi connectivity index (χ0n) is 11.6. The predicted octanol–water partition coefficient (Wildman–Crippen LogP) is 3.78. The van der Waals surface area contributed by atoms with Gasteiger partial charge in [-0.25, -0.2) is 0 Å². The summed E-state index contributed by atoms with van der Waals surface area (Å²) in [7, 11) is 1.56. The van der Waals surface area contributed by atoms with Gasteiger partial charge in [0.2, 0.25) is 0 Å². The van der Waals surface area contributed by atoms with E-state index in [1.807, 2.05) is 19.1 Å². The molecule has 0 atom stereocenters. The number of nitrogens with zero attached hydrogens (tertiary/aromatic N) is 1. The summed E-state index contributed by atoms with van der Waals surface area (Å²) in [5.41, 5.74) is 2.34. The minimum atomic E-state index is -0.269. The number of hydrogen-bond donors (Lipinski definition) is 1. The molecule has 1 amide bonds. The Kier molecular flexibility index (Phi) is 4.46. The number of aryl methyl sites for hydroxylation is 1. The van der Waals surface area contributed by atoms with Crippen molar-refractivity contribution in [3.8, 4) is 11.8 Å². The molecule has 0 saturated heterocycles. The van der Waals surface area contributed by atoms with E-state index in [0.29, 0.717) is 27.6 Å². The summed E-state index contributed by atoms with van der Waals surface area (Å²) >= 11 is 5.93. The molecule has 0 saturated carbocycles. The zero-order chi connectivity index (χ0) is 15.4. The van der Waals surface area contributed by atoms with E-state index in [4.69, 9.17) is 21.6 Å². The van der Waals surface area contributed by atoms with Gasteiger partial charge in [0, 0.05) is 11.3 Å². The van der Waals surface area contributed by atoms with Crippen molar-refractivity contribution in [2.24, 2.45) is 0 Å². The summed E-state index contributed by atoms with van der Waals surface area (Å²) in [4.78, 5) is 12.2. The van der Waals surface area contributed by atoms with Crippen LogP contribution in [0.15, 0.2) is 36.4 Å². The Bertz CT molecular complexity index is 736. The highest BCUT2D eigenvalue weighted by Crippen LogP contribution is 2.22. The van der Waals surface area contributed by atoms with Gasteiger partial charge in [-0.3, -0.25) is 4.79 Å². The quantitative estimate of drug-likeness (QED) is 0.938. The lowest BCUT2D eigenvalue weighted by Gasteiger charge is -2.09. The van der Waals surface area contributed by atoms with Crippen molar-refractivity contribution in [1.29, 1.82) is 5.26 Å². The lowest BCUT2D eigenvalue weighted by Crippen LogP contribution is -2.12. The maximum Gasteiger partial charge on any atom is 0.255 e.